The number of hydrogen-bond acceptors (Lipinski definition) is 6. The second kappa shape index (κ2) is 12.4. The molecule has 0 saturated heterocycles. The van der Waals surface area contributed by atoms with E-state index < -0.39 is 67.5 Å². The fourth-order valence-electron chi connectivity index (χ4n) is 3.13. The molecule has 0 aromatic heterocycles. The van der Waals surface area contributed by atoms with Gasteiger partial charge in [-0.1, -0.05) is 0 Å². The van der Waals surface area contributed by atoms with Crippen LogP contribution in [0.3, 0.4) is 0 Å². The maximum Gasteiger partial charge on any atom is 0.267 e. The molecule has 2 aromatic rings. The number of sulfonamides is 1. The summed E-state index contributed by atoms with van der Waals surface area (Å²) in [5, 5.41) is 4.84. The number of halogens is 5. The number of carbonyl (C=O) groups excluding carboxylic acids is 2. The van der Waals surface area contributed by atoms with Crippen molar-refractivity contribution in [2.75, 3.05) is 23.7 Å². The zero-order valence-electron chi connectivity index (χ0n) is 19.9. The summed E-state index contributed by atoms with van der Waals surface area (Å²) in [7, 11) is -4.13. The third-order valence-corrected chi connectivity index (χ3v) is 6.19. The average molecular weight is 567 g/mol. The lowest BCUT2D eigenvalue weighted by atomic mass is 10.1. The number of amides is 2. The fraction of sp³-hybridized carbons (Fsp3) is 0.286. The highest BCUT2D eigenvalue weighted by atomic mass is 32.2. The third-order valence-electron chi connectivity index (χ3n) is 4.79. The van der Waals surface area contributed by atoms with Gasteiger partial charge in [0.25, 0.3) is 10.0 Å². The molecular formula is C21H23F5N6O5S. The van der Waals surface area contributed by atoms with E-state index >= 15 is 0 Å². The van der Waals surface area contributed by atoms with E-state index in [2.05, 4.69) is 15.6 Å². The van der Waals surface area contributed by atoms with Crippen LogP contribution >= 0.6 is 0 Å². The zero-order valence-corrected chi connectivity index (χ0v) is 20.7. The van der Waals surface area contributed by atoms with Crippen LogP contribution in [0.4, 0.5) is 33.3 Å². The summed E-state index contributed by atoms with van der Waals surface area (Å²) in [6, 6.07) is 2.07. The van der Waals surface area contributed by atoms with Gasteiger partial charge in [0.05, 0.1) is 18.5 Å². The van der Waals surface area contributed by atoms with Gasteiger partial charge in [-0.3, -0.25) is 19.3 Å². The molecule has 0 aliphatic heterocycles. The topological polar surface area (TPSA) is 178 Å². The van der Waals surface area contributed by atoms with Gasteiger partial charge >= 0.3 is 0 Å². The lowest BCUT2D eigenvalue weighted by molar-refractivity contribution is -0.125. The van der Waals surface area contributed by atoms with Gasteiger partial charge < -0.3 is 26.8 Å². The normalized spacial score (nSPS) is 11.9. The van der Waals surface area contributed by atoms with Crippen LogP contribution < -0.4 is 31.6 Å². The van der Waals surface area contributed by atoms with Crippen LogP contribution in [-0.4, -0.2) is 45.9 Å². The molecule has 2 aromatic carbocycles. The number of nitrogens with two attached hydrogens (primary N) is 2. The van der Waals surface area contributed by atoms with E-state index in [1.54, 1.807) is 4.72 Å². The first-order chi connectivity index (χ1) is 17.7. The van der Waals surface area contributed by atoms with E-state index in [0.717, 1.165) is 18.2 Å². The van der Waals surface area contributed by atoms with Gasteiger partial charge in [0.2, 0.25) is 17.6 Å². The summed E-state index contributed by atoms with van der Waals surface area (Å²) in [6.07, 6.45) is 0.381. The third kappa shape index (κ3) is 7.21. The monoisotopic (exact) mass is 566 g/mol. The molecule has 38 heavy (non-hydrogen) atoms. The van der Waals surface area contributed by atoms with Crippen molar-refractivity contribution in [2.24, 2.45) is 16.5 Å². The molecule has 0 fully saturated rings. The molecule has 0 aliphatic rings. The molecule has 0 radical (unpaired) electrons. The minimum absolute atomic E-state index is 0.000361. The smallest absolute Gasteiger partial charge is 0.267 e. The van der Waals surface area contributed by atoms with Gasteiger partial charge in [0, 0.05) is 13.5 Å². The van der Waals surface area contributed by atoms with Crippen LogP contribution in [0.2, 0.25) is 0 Å². The number of nitrogens with one attached hydrogen (secondary N) is 3. The fourth-order valence-corrected chi connectivity index (χ4v) is 4.32. The summed E-state index contributed by atoms with van der Waals surface area (Å²) in [6.45, 7) is 1.33. The van der Waals surface area contributed by atoms with Crippen molar-refractivity contribution in [1.82, 2.24) is 5.32 Å². The Morgan fingerprint density at radius 3 is 2.13 bits per heavy atom. The van der Waals surface area contributed by atoms with Gasteiger partial charge in [-0.15, -0.1) is 0 Å². The van der Waals surface area contributed by atoms with Crippen LogP contribution in [0.5, 0.6) is 5.75 Å². The number of nitrogens with zero attached hydrogens (tertiary/aromatic N) is 1. The summed E-state index contributed by atoms with van der Waals surface area (Å²) < 4.78 is 100. The number of aliphatic imine (C=N–C) groups is 1. The van der Waals surface area contributed by atoms with E-state index in [1.807, 2.05) is 0 Å². The lowest BCUT2D eigenvalue weighted by Gasteiger charge is -2.19. The lowest BCUT2D eigenvalue weighted by Crippen LogP contribution is -2.43. The largest absolute Gasteiger partial charge is 0.495 e. The number of rotatable bonds is 11. The number of hydrogen-bond donors (Lipinski definition) is 5. The highest BCUT2D eigenvalue weighted by molar-refractivity contribution is 7.92. The van der Waals surface area contributed by atoms with Gasteiger partial charge in [-0.2, -0.15) is 0 Å². The Balaban J connectivity index is 2.36. The quantitative estimate of drug-likeness (QED) is 0.0686. The van der Waals surface area contributed by atoms with Crippen molar-refractivity contribution in [3.63, 3.8) is 0 Å². The molecule has 7 N–H and O–H groups in total. The van der Waals surface area contributed by atoms with E-state index in [1.165, 1.54) is 14.0 Å². The molecule has 0 saturated carbocycles. The number of carbonyl (C=O) groups is 2. The van der Waals surface area contributed by atoms with Crippen LogP contribution in [-0.2, 0) is 19.6 Å². The summed E-state index contributed by atoms with van der Waals surface area (Å²) in [5.74, 6) is -14.0. The van der Waals surface area contributed by atoms with Crippen LogP contribution in [0, 0.1) is 29.1 Å². The van der Waals surface area contributed by atoms with Crippen molar-refractivity contribution in [1.29, 1.82) is 0 Å². The number of methoxy groups -OCH3 is 1. The van der Waals surface area contributed by atoms with Crippen molar-refractivity contribution >= 4 is 39.2 Å². The summed E-state index contributed by atoms with van der Waals surface area (Å²) in [4.78, 5) is 26.1. The Hall–Kier alpha value is -4.15. The first kappa shape index (κ1) is 30.1. The van der Waals surface area contributed by atoms with Gasteiger partial charge in [-0.05, 0) is 31.0 Å². The van der Waals surface area contributed by atoms with E-state index in [4.69, 9.17) is 16.2 Å². The predicted octanol–water partition coefficient (Wildman–Crippen LogP) is 1.69. The Bertz CT molecular complexity index is 1340. The highest BCUT2D eigenvalue weighted by Gasteiger charge is 2.34. The van der Waals surface area contributed by atoms with Gasteiger partial charge in [0.15, 0.2) is 34.1 Å². The molecular weight excluding hydrogens is 543 g/mol. The Labute approximate surface area is 213 Å². The number of guanidine groups is 1. The molecule has 0 bridgehead atoms. The van der Waals surface area contributed by atoms with Crippen molar-refractivity contribution < 1.29 is 44.7 Å². The maximum atomic E-state index is 14.1. The molecule has 0 heterocycles. The summed E-state index contributed by atoms with van der Waals surface area (Å²) >= 11 is 0. The molecule has 2 amide bonds. The minimum atomic E-state index is -5.35. The maximum absolute atomic E-state index is 14.1. The Morgan fingerprint density at radius 1 is 1.03 bits per heavy atom. The van der Waals surface area contributed by atoms with Crippen molar-refractivity contribution in [3.05, 3.63) is 47.3 Å². The second-order valence-corrected chi connectivity index (χ2v) is 9.23. The Kier molecular flexibility index (Phi) is 9.81. The second-order valence-electron chi connectivity index (χ2n) is 7.61. The molecule has 0 spiro atoms. The predicted molar refractivity (Wildman–Crippen MR) is 126 cm³/mol. The molecule has 0 unspecified atom stereocenters. The van der Waals surface area contributed by atoms with Crippen molar-refractivity contribution in [3.8, 4) is 5.75 Å². The molecule has 1 atom stereocenters. The molecule has 0 aliphatic carbocycles. The minimum Gasteiger partial charge on any atom is -0.495 e. The number of anilines is 2. The molecule has 11 nitrogen and oxygen atoms in total. The average Bonchev–Trinajstić information content (AvgIpc) is 2.82. The van der Waals surface area contributed by atoms with Crippen LogP contribution in [0.15, 0.2) is 28.1 Å². The van der Waals surface area contributed by atoms with E-state index in [0.29, 0.717) is 0 Å². The highest BCUT2D eigenvalue weighted by Crippen LogP contribution is 2.32. The van der Waals surface area contributed by atoms with E-state index in [-0.39, 0.29) is 36.8 Å². The molecule has 208 valence electrons. The number of ether oxygens (including phenoxy) is 1. The van der Waals surface area contributed by atoms with Gasteiger partial charge in [-0.25, -0.2) is 30.4 Å². The van der Waals surface area contributed by atoms with Crippen LogP contribution in [0.1, 0.15) is 19.8 Å². The number of benzene rings is 2. The summed E-state index contributed by atoms with van der Waals surface area (Å²) in [5.41, 5.74) is 9.88. The molecule has 17 heteroatoms. The van der Waals surface area contributed by atoms with E-state index in [9.17, 15) is 40.0 Å². The van der Waals surface area contributed by atoms with Crippen molar-refractivity contribution in [2.45, 2.75) is 30.7 Å². The Morgan fingerprint density at radius 2 is 1.61 bits per heavy atom. The standard InChI is InChI=1S/C21H23F5N6O5S/c1-9(33)30-11(4-3-7-29-21(27)28)20(34)31-12-8-10(5-6-13(12)37-2)32-38(35,36)19-17(25)15(23)14(22)16(24)18(19)26/h5-6,8,11,32H,3-4,7H2,1-2H3,(H,30,33)(H,31,34)(H4,27,28,29)/t11-/m1/s1. The first-order valence-electron chi connectivity index (χ1n) is 10.5. The zero-order chi connectivity index (χ0) is 28.8. The van der Waals surface area contributed by atoms with Gasteiger partial charge in [0.1, 0.15) is 11.8 Å². The molecule has 2 rings (SSSR count). The first-order valence-corrected chi connectivity index (χ1v) is 12.0. The SMILES string of the molecule is COc1ccc(NS(=O)(=O)c2c(F)c(F)c(F)c(F)c2F)cc1NC(=O)[C@@H](CCCN=C(N)N)NC(C)=O. The van der Waals surface area contributed by atoms with Crippen LogP contribution in [0.25, 0.3) is 0 Å².